The van der Waals surface area contributed by atoms with E-state index in [9.17, 15) is 37.5 Å². The molecule has 0 atom stereocenters. The van der Waals surface area contributed by atoms with Crippen molar-refractivity contribution in [2.75, 3.05) is 31.5 Å². The third-order valence-electron chi connectivity index (χ3n) is 10.2. The van der Waals surface area contributed by atoms with Crippen LogP contribution in [-0.4, -0.2) is 83.0 Å². The number of likely N-dealkylation sites (tertiary alicyclic amines) is 1. The molecule has 14 nitrogen and oxygen atoms in total. The number of halogens is 4. The van der Waals surface area contributed by atoms with E-state index in [-0.39, 0.29) is 83.7 Å². The van der Waals surface area contributed by atoms with Crippen molar-refractivity contribution in [1.29, 1.82) is 0 Å². The zero-order valence-corrected chi connectivity index (χ0v) is 28.8. The number of ether oxygens (including phenoxy) is 1. The van der Waals surface area contributed by atoms with Gasteiger partial charge in [-0.3, -0.25) is 19.2 Å². The van der Waals surface area contributed by atoms with Gasteiger partial charge in [-0.15, -0.1) is 5.10 Å². The van der Waals surface area contributed by atoms with Crippen LogP contribution in [0.15, 0.2) is 47.4 Å². The van der Waals surface area contributed by atoms with Crippen LogP contribution < -0.4 is 10.9 Å². The minimum Gasteiger partial charge on any atom is -0.505 e. The Labute approximate surface area is 303 Å². The summed E-state index contributed by atoms with van der Waals surface area (Å²) in [6, 6.07) is 5.47. The highest BCUT2D eigenvalue weighted by molar-refractivity contribution is 6.33. The number of nitrogens with one attached hydrogen (secondary N) is 1. The average Bonchev–Trinajstić information content (AvgIpc) is 3.79. The second-order valence-corrected chi connectivity index (χ2v) is 14.0. The van der Waals surface area contributed by atoms with E-state index >= 15 is 0 Å². The van der Waals surface area contributed by atoms with E-state index in [1.54, 1.807) is 4.90 Å². The van der Waals surface area contributed by atoms with Crippen LogP contribution in [0, 0.1) is 5.92 Å². The Hall–Kier alpha value is -5.29. The fourth-order valence-electron chi connectivity index (χ4n) is 7.25. The van der Waals surface area contributed by atoms with Gasteiger partial charge in [0.1, 0.15) is 17.9 Å². The standard InChI is InChI=1S/C35H32ClF3N8O6/c36-22-16-21(35(37,38)39)5-6-23(22)41-26(49)17-46-24-18-53-34(9-14-45(15-10-34)32(52)28-25(48)2-1-11-40-28)27(24)31(51)47-33(46)42-29(43-47)19-7-12-44(13-8-19)30(50)20-3-4-20/h1-2,5-7,11,16,20,48H,3-4,8-10,12-15,17-18H2,(H,41,49). The number of carbonyl (C=O) groups is 3. The van der Waals surface area contributed by atoms with Crippen LogP contribution in [0.1, 0.15) is 65.2 Å². The van der Waals surface area contributed by atoms with Gasteiger partial charge in [0.05, 0.1) is 34.1 Å². The predicted octanol–water partition coefficient (Wildman–Crippen LogP) is 3.99. The minimum atomic E-state index is -4.63. The number of fused-ring (bicyclic) bond motifs is 3. The minimum absolute atomic E-state index is 0.0399. The smallest absolute Gasteiger partial charge is 0.416 e. The Morgan fingerprint density at radius 1 is 1.09 bits per heavy atom. The van der Waals surface area contributed by atoms with E-state index in [1.807, 2.05) is 6.08 Å². The van der Waals surface area contributed by atoms with Gasteiger partial charge in [-0.1, -0.05) is 17.7 Å². The lowest BCUT2D eigenvalue weighted by Crippen LogP contribution is -2.47. The van der Waals surface area contributed by atoms with Gasteiger partial charge < -0.3 is 29.5 Å². The molecule has 1 saturated carbocycles. The van der Waals surface area contributed by atoms with Crippen LogP contribution in [0.5, 0.6) is 5.75 Å². The maximum absolute atomic E-state index is 14.3. The lowest BCUT2D eigenvalue weighted by Gasteiger charge is -2.38. The summed E-state index contributed by atoms with van der Waals surface area (Å²) in [5.41, 5.74) is -1.38. The molecule has 4 aliphatic rings. The normalized spacial score (nSPS) is 18.3. The van der Waals surface area contributed by atoms with Gasteiger partial charge in [0.15, 0.2) is 11.5 Å². The number of piperidine rings is 1. The average molecular weight is 753 g/mol. The number of aromatic nitrogens is 5. The van der Waals surface area contributed by atoms with Gasteiger partial charge in [-0.05, 0) is 68.0 Å². The quantitative estimate of drug-likeness (QED) is 0.297. The summed E-state index contributed by atoms with van der Waals surface area (Å²) in [4.78, 5) is 65.8. The van der Waals surface area contributed by atoms with Crippen LogP contribution in [-0.2, 0) is 39.3 Å². The van der Waals surface area contributed by atoms with Crippen LogP contribution in [0.3, 0.4) is 0 Å². The number of amides is 3. The summed E-state index contributed by atoms with van der Waals surface area (Å²) in [5, 5.41) is 17.0. The maximum atomic E-state index is 14.3. The Bertz CT molecular complexity index is 2280. The van der Waals surface area contributed by atoms with Gasteiger partial charge in [0.2, 0.25) is 17.6 Å². The predicted molar refractivity (Wildman–Crippen MR) is 182 cm³/mol. The van der Waals surface area contributed by atoms with Crippen LogP contribution in [0.2, 0.25) is 5.02 Å². The Balaban J connectivity index is 1.13. The highest BCUT2D eigenvalue weighted by Gasteiger charge is 2.48. The number of rotatable bonds is 6. The van der Waals surface area contributed by atoms with Crippen LogP contribution in [0.4, 0.5) is 18.9 Å². The van der Waals surface area contributed by atoms with E-state index < -0.39 is 41.3 Å². The van der Waals surface area contributed by atoms with Crippen molar-refractivity contribution in [2.45, 2.75) is 57.0 Å². The van der Waals surface area contributed by atoms with Crippen molar-refractivity contribution < 1.29 is 37.4 Å². The Morgan fingerprint density at radius 2 is 1.87 bits per heavy atom. The molecule has 2 fully saturated rings. The molecule has 276 valence electrons. The number of carbonyl (C=O) groups excluding carboxylic acids is 3. The molecule has 0 radical (unpaired) electrons. The molecular formula is C35H32ClF3N8O6. The molecule has 1 aliphatic carbocycles. The second kappa shape index (κ2) is 13.0. The first-order valence-electron chi connectivity index (χ1n) is 17.1. The van der Waals surface area contributed by atoms with Crippen molar-refractivity contribution in [3.63, 3.8) is 0 Å². The summed E-state index contributed by atoms with van der Waals surface area (Å²) in [5.74, 6) is -0.878. The first-order valence-corrected chi connectivity index (χ1v) is 17.5. The van der Waals surface area contributed by atoms with E-state index in [0.29, 0.717) is 25.2 Å². The molecule has 2 N–H and O–H groups in total. The molecule has 6 heterocycles. The number of pyridine rings is 1. The van der Waals surface area contributed by atoms with Crippen molar-refractivity contribution >= 4 is 46.4 Å². The third kappa shape index (κ3) is 6.30. The first kappa shape index (κ1) is 34.8. The Morgan fingerprint density at radius 3 is 2.53 bits per heavy atom. The van der Waals surface area contributed by atoms with Gasteiger partial charge in [-0.2, -0.15) is 22.7 Å². The van der Waals surface area contributed by atoms with E-state index in [0.717, 1.165) is 41.1 Å². The van der Waals surface area contributed by atoms with Gasteiger partial charge >= 0.3 is 6.18 Å². The lowest BCUT2D eigenvalue weighted by atomic mass is 9.85. The van der Waals surface area contributed by atoms with Crippen LogP contribution >= 0.6 is 11.6 Å². The summed E-state index contributed by atoms with van der Waals surface area (Å²) in [6.07, 6.45) is 1.30. The molecule has 3 aromatic heterocycles. The molecule has 3 aliphatic heterocycles. The van der Waals surface area contributed by atoms with Crippen molar-refractivity contribution in [2.24, 2.45) is 5.92 Å². The van der Waals surface area contributed by atoms with Gasteiger partial charge in [0, 0.05) is 38.3 Å². The summed E-state index contributed by atoms with van der Waals surface area (Å²) < 4.78 is 48.7. The SMILES string of the molecule is O=C(Cn1c2c(c(=O)n3nc(C4=CCN(C(=O)C5CC5)CC4)nc13)C1(CCN(C(=O)c3ncccc3O)CC1)OC2)Nc1ccc(C(F)(F)F)cc1Cl. The number of hydrogen-bond acceptors (Lipinski definition) is 9. The largest absolute Gasteiger partial charge is 0.505 e. The molecule has 1 aromatic carbocycles. The van der Waals surface area contributed by atoms with Crippen molar-refractivity contribution in [3.8, 4) is 5.75 Å². The zero-order valence-electron chi connectivity index (χ0n) is 28.0. The fraction of sp³-hybridized carbons (Fsp3) is 0.400. The highest BCUT2D eigenvalue weighted by Crippen LogP contribution is 2.43. The topological polar surface area (TPSA) is 164 Å². The fourth-order valence-corrected chi connectivity index (χ4v) is 7.48. The number of nitrogens with zero attached hydrogens (tertiary/aromatic N) is 7. The van der Waals surface area contributed by atoms with Gasteiger partial charge in [-0.25, -0.2) is 4.98 Å². The molecule has 18 heteroatoms. The van der Waals surface area contributed by atoms with Crippen LogP contribution in [0.25, 0.3) is 11.4 Å². The molecular weight excluding hydrogens is 721 g/mol. The number of anilines is 1. The first-order chi connectivity index (χ1) is 25.3. The molecule has 1 spiro atoms. The van der Waals surface area contributed by atoms with E-state index in [2.05, 4.69) is 15.4 Å². The third-order valence-corrected chi connectivity index (χ3v) is 10.6. The number of benzene rings is 1. The van der Waals surface area contributed by atoms with Crippen molar-refractivity contribution in [1.82, 2.24) is 33.9 Å². The maximum Gasteiger partial charge on any atom is 0.416 e. The molecule has 0 bridgehead atoms. The molecule has 0 unspecified atom stereocenters. The molecule has 53 heavy (non-hydrogen) atoms. The zero-order chi connectivity index (χ0) is 37.2. The molecule has 8 rings (SSSR count). The highest BCUT2D eigenvalue weighted by atomic mass is 35.5. The van der Waals surface area contributed by atoms with Gasteiger partial charge in [0.25, 0.3) is 11.5 Å². The number of alkyl halides is 3. The molecule has 1 saturated heterocycles. The summed E-state index contributed by atoms with van der Waals surface area (Å²) in [6.45, 7) is 0.686. The molecule has 4 aromatic rings. The number of hydrogen-bond donors (Lipinski definition) is 2. The van der Waals surface area contributed by atoms with Crippen molar-refractivity contribution in [3.05, 3.63) is 86.3 Å². The van der Waals surface area contributed by atoms with E-state index in [4.69, 9.17) is 21.3 Å². The summed E-state index contributed by atoms with van der Waals surface area (Å²) >= 11 is 6.13. The lowest BCUT2D eigenvalue weighted by molar-refractivity contribution is -0.137. The Kier molecular flexibility index (Phi) is 8.52. The molecule has 3 amide bonds. The monoisotopic (exact) mass is 752 g/mol. The van der Waals surface area contributed by atoms with E-state index in [1.165, 1.54) is 27.8 Å². The number of aromatic hydroxyl groups is 1. The summed E-state index contributed by atoms with van der Waals surface area (Å²) in [7, 11) is 0. The second-order valence-electron chi connectivity index (χ2n) is 13.6.